The summed E-state index contributed by atoms with van der Waals surface area (Å²) in [5.41, 5.74) is 5.19. The standard InChI is InChI=1S/C12H20N4O3/c13-3-4-16-7-10(14-9-16)11(18)15-12(8-17)1-5-19-6-2-12/h7,9,17H,1-6,8,13H2,(H,15,18). The molecule has 0 spiro atoms. The van der Waals surface area contributed by atoms with Crippen molar-refractivity contribution in [2.24, 2.45) is 5.73 Å². The largest absolute Gasteiger partial charge is 0.394 e. The molecule has 0 bridgehead atoms. The third kappa shape index (κ3) is 3.31. The maximum absolute atomic E-state index is 12.1. The minimum absolute atomic E-state index is 0.0917. The van der Waals surface area contributed by atoms with Crippen molar-refractivity contribution in [3.05, 3.63) is 18.2 Å². The minimum atomic E-state index is -0.590. The van der Waals surface area contributed by atoms with Gasteiger partial charge in [-0.15, -0.1) is 0 Å². The highest BCUT2D eigenvalue weighted by Gasteiger charge is 2.34. The number of aliphatic hydroxyl groups excluding tert-OH is 1. The van der Waals surface area contributed by atoms with Gasteiger partial charge in [0.15, 0.2) is 0 Å². The Morgan fingerprint density at radius 3 is 2.95 bits per heavy atom. The van der Waals surface area contributed by atoms with Crippen LogP contribution in [0.4, 0.5) is 0 Å². The molecule has 1 aromatic heterocycles. The number of nitrogens with zero attached hydrogens (tertiary/aromatic N) is 2. The van der Waals surface area contributed by atoms with Gasteiger partial charge in [0, 0.05) is 32.5 Å². The lowest BCUT2D eigenvalue weighted by Gasteiger charge is -2.36. The molecule has 1 aliphatic rings. The summed E-state index contributed by atoms with van der Waals surface area (Å²) in [5.74, 6) is -0.272. The van der Waals surface area contributed by atoms with Crippen molar-refractivity contribution in [1.29, 1.82) is 0 Å². The lowest BCUT2D eigenvalue weighted by atomic mass is 9.91. The summed E-state index contributed by atoms with van der Waals surface area (Å²) >= 11 is 0. The number of carbonyl (C=O) groups excluding carboxylic acids is 1. The third-order valence-corrected chi connectivity index (χ3v) is 3.38. The molecule has 19 heavy (non-hydrogen) atoms. The molecule has 0 atom stereocenters. The Balaban J connectivity index is 2.02. The summed E-state index contributed by atoms with van der Waals surface area (Å²) in [4.78, 5) is 16.2. The van der Waals surface area contributed by atoms with Crippen molar-refractivity contribution >= 4 is 5.91 Å². The van der Waals surface area contributed by atoms with E-state index in [9.17, 15) is 9.90 Å². The molecule has 2 rings (SSSR count). The lowest BCUT2D eigenvalue weighted by Crippen LogP contribution is -2.54. The van der Waals surface area contributed by atoms with E-state index in [1.165, 1.54) is 0 Å². The number of rotatable bonds is 5. The number of hydrogen-bond donors (Lipinski definition) is 3. The Bertz CT molecular complexity index is 426. The van der Waals surface area contributed by atoms with Gasteiger partial charge in [0.2, 0.25) is 0 Å². The highest BCUT2D eigenvalue weighted by Crippen LogP contribution is 2.20. The quantitative estimate of drug-likeness (QED) is 0.643. The van der Waals surface area contributed by atoms with E-state index in [1.54, 1.807) is 17.1 Å². The minimum Gasteiger partial charge on any atom is -0.394 e. The van der Waals surface area contributed by atoms with Crippen molar-refractivity contribution in [1.82, 2.24) is 14.9 Å². The van der Waals surface area contributed by atoms with E-state index < -0.39 is 5.54 Å². The molecular weight excluding hydrogens is 248 g/mol. The van der Waals surface area contributed by atoms with Crippen molar-refractivity contribution in [3.63, 3.8) is 0 Å². The molecule has 0 aliphatic carbocycles. The van der Waals surface area contributed by atoms with Crippen LogP contribution in [-0.4, -0.2) is 52.5 Å². The average molecular weight is 268 g/mol. The summed E-state index contributed by atoms with van der Waals surface area (Å²) in [7, 11) is 0. The molecule has 106 valence electrons. The number of nitrogens with two attached hydrogens (primary N) is 1. The van der Waals surface area contributed by atoms with Gasteiger partial charge in [-0.1, -0.05) is 0 Å². The number of carbonyl (C=O) groups is 1. The van der Waals surface area contributed by atoms with Crippen LogP contribution in [0, 0.1) is 0 Å². The van der Waals surface area contributed by atoms with Crippen LogP contribution in [0.2, 0.25) is 0 Å². The van der Waals surface area contributed by atoms with E-state index in [4.69, 9.17) is 10.5 Å². The zero-order valence-corrected chi connectivity index (χ0v) is 10.8. The van der Waals surface area contributed by atoms with Crippen molar-refractivity contribution in [2.45, 2.75) is 24.9 Å². The molecule has 4 N–H and O–H groups in total. The second-order valence-corrected chi connectivity index (χ2v) is 4.79. The molecule has 1 saturated heterocycles. The second kappa shape index (κ2) is 6.14. The van der Waals surface area contributed by atoms with Gasteiger partial charge in [-0.3, -0.25) is 4.79 Å². The Morgan fingerprint density at radius 2 is 2.32 bits per heavy atom. The van der Waals surface area contributed by atoms with Gasteiger partial charge in [-0.05, 0) is 12.8 Å². The van der Waals surface area contributed by atoms with Gasteiger partial charge < -0.3 is 25.5 Å². The van der Waals surface area contributed by atoms with Crippen LogP contribution in [-0.2, 0) is 11.3 Å². The van der Waals surface area contributed by atoms with Crippen LogP contribution in [0.15, 0.2) is 12.5 Å². The topological polar surface area (TPSA) is 102 Å². The number of aliphatic hydroxyl groups is 1. The van der Waals surface area contributed by atoms with Crippen LogP contribution in [0.1, 0.15) is 23.3 Å². The lowest BCUT2D eigenvalue weighted by molar-refractivity contribution is 0.0124. The molecule has 7 heteroatoms. The van der Waals surface area contributed by atoms with Gasteiger partial charge in [0.05, 0.1) is 18.5 Å². The fourth-order valence-electron chi connectivity index (χ4n) is 2.14. The molecule has 7 nitrogen and oxygen atoms in total. The smallest absolute Gasteiger partial charge is 0.271 e. The maximum Gasteiger partial charge on any atom is 0.271 e. The zero-order valence-electron chi connectivity index (χ0n) is 10.8. The van der Waals surface area contributed by atoms with Gasteiger partial charge in [0.25, 0.3) is 5.91 Å². The highest BCUT2D eigenvalue weighted by molar-refractivity contribution is 5.92. The first kappa shape index (κ1) is 14.0. The van der Waals surface area contributed by atoms with E-state index in [-0.39, 0.29) is 12.5 Å². The molecule has 0 saturated carbocycles. The average Bonchev–Trinajstić information content (AvgIpc) is 2.89. The van der Waals surface area contributed by atoms with E-state index in [2.05, 4.69) is 10.3 Å². The number of nitrogens with one attached hydrogen (secondary N) is 1. The summed E-state index contributed by atoms with van der Waals surface area (Å²) in [6.07, 6.45) is 4.46. The second-order valence-electron chi connectivity index (χ2n) is 4.79. The van der Waals surface area contributed by atoms with Crippen LogP contribution >= 0.6 is 0 Å². The number of hydrogen-bond acceptors (Lipinski definition) is 5. The van der Waals surface area contributed by atoms with Crippen LogP contribution < -0.4 is 11.1 Å². The van der Waals surface area contributed by atoms with E-state index in [0.717, 1.165) is 0 Å². The fraction of sp³-hybridized carbons (Fsp3) is 0.667. The zero-order chi connectivity index (χ0) is 13.7. The summed E-state index contributed by atoms with van der Waals surface area (Å²) < 4.78 is 7.02. The van der Waals surface area contributed by atoms with Crippen LogP contribution in [0.5, 0.6) is 0 Å². The van der Waals surface area contributed by atoms with Crippen molar-refractivity contribution < 1.29 is 14.6 Å². The normalized spacial score (nSPS) is 18.2. The third-order valence-electron chi connectivity index (χ3n) is 3.38. The molecule has 1 amide bonds. The first-order valence-electron chi connectivity index (χ1n) is 6.42. The van der Waals surface area contributed by atoms with Crippen LogP contribution in [0.3, 0.4) is 0 Å². The number of amides is 1. The predicted molar refractivity (Wildman–Crippen MR) is 68.6 cm³/mol. The first-order chi connectivity index (χ1) is 9.19. The van der Waals surface area contributed by atoms with E-state index >= 15 is 0 Å². The van der Waals surface area contributed by atoms with E-state index in [0.29, 0.717) is 44.8 Å². The Labute approximate surface area is 111 Å². The number of imidazole rings is 1. The molecule has 1 fully saturated rings. The fourth-order valence-corrected chi connectivity index (χ4v) is 2.14. The SMILES string of the molecule is NCCn1cnc(C(=O)NC2(CO)CCOCC2)c1. The monoisotopic (exact) mass is 268 g/mol. The first-order valence-corrected chi connectivity index (χ1v) is 6.42. The molecular formula is C12H20N4O3. The molecule has 1 aliphatic heterocycles. The van der Waals surface area contributed by atoms with E-state index in [1.807, 2.05) is 0 Å². The molecule has 0 unspecified atom stereocenters. The van der Waals surface area contributed by atoms with Gasteiger partial charge >= 0.3 is 0 Å². The number of aromatic nitrogens is 2. The summed E-state index contributed by atoms with van der Waals surface area (Å²) in [6.45, 7) is 2.12. The van der Waals surface area contributed by atoms with Crippen LogP contribution in [0.25, 0.3) is 0 Å². The van der Waals surface area contributed by atoms with Gasteiger partial charge in [-0.2, -0.15) is 0 Å². The summed E-state index contributed by atoms with van der Waals surface area (Å²) in [6, 6.07) is 0. The van der Waals surface area contributed by atoms with Gasteiger partial charge in [-0.25, -0.2) is 4.98 Å². The maximum atomic E-state index is 12.1. The summed E-state index contributed by atoms with van der Waals surface area (Å²) in [5, 5.41) is 12.4. The highest BCUT2D eigenvalue weighted by atomic mass is 16.5. The van der Waals surface area contributed by atoms with Gasteiger partial charge in [0.1, 0.15) is 5.69 Å². The number of ether oxygens (including phenoxy) is 1. The van der Waals surface area contributed by atoms with Crippen molar-refractivity contribution in [2.75, 3.05) is 26.4 Å². The van der Waals surface area contributed by atoms with Crippen molar-refractivity contribution in [3.8, 4) is 0 Å². The molecule has 2 heterocycles. The molecule has 1 aromatic rings. The molecule has 0 aromatic carbocycles. The predicted octanol–water partition coefficient (Wildman–Crippen LogP) is -0.887. The Hall–Kier alpha value is -1.44. The molecule has 0 radical (unpaired) electrons. The Kier molecular flexibility index (Phi) is 4.52. The Morgan fingerprint density at radius 1 is 1.58 bits per heavy atom.